The third kappa shape index (κ3) is 5.17. The van der Waals surface area contributed by atoms with Crippen LogP contribution in [0.15, 0.2) is 29.6 Å². The number of aromatic nitrogens is 1. The molecule has 0 spiro atoms. The van der Waals surface area contributed by atoms with Crippen molar-refractivity contribution in [3.63, 3.8) is 0 Å². The Balaban J connectivity index is 1.77. The van der Waals surface area contributed by atoms with Gasteiger partial charge in [0.2, 0.25) is 5.91 Å². The molecule has 0 unspecified atom stereocenters. The van der Waals surface area contributed by atoms with E-state index in [1.165, 1.54) is 12.1 Å². The molecule has 2 aromatic rings. The lowest BCUT2D eigenvalue weighted by atomic mass is 10.1. The van der Waals surface area contributed by atoms with Gasteiger partial charge in [-0.2, -0.15) is 0 Å². The molecule has 0 radical (unpaired) electrons. The van der Waals surface area contributed by atoms with Crippen LogP contribution in [-0.2, 0) is 17.6 Å². The summed E-state index contributed by atoms with van der Waals surface area (Å²) < 4.78 is 0. The van der Waals surface area contributed by atoms with Crippen LogP contribution in [-0.4, -0.2) is 28.5 Å². The maximum atomic E-state index is 11.9. The molecule has 122 valence electrons. The van der Waals surface area contributed by atoms with Gasteiger partial charge in [-0.15, -0.1) is 11.3 Å². The molecule has 0 saturated carbocycles. The summed E-state index contributed by atoms with van der Waals surface area (Å²) in [6.45, 7) is 4.77. The van der Waals surface area contributed by atoms with Gasteiger partial charge in [-0.25, -0.2) is 9.78 Å². The molecule has 0 aliphatic heterocycles. The van der Waals surface area contributed by atoms with Crippen LogP contribution in [0.3, 0.4) is 0 Å². The van der Waals surface area contributed by atoms with Crippen molar-refractivity contribution in [1.29, 1.82) is 0 Å². The minimum absolute atomic E-state index is 0.0765. The zero-order valence-corrected chi connectivity index (χ0v) is 14.0. The summed E-state index contributed by atoms with van der Waals surface area (Å²) >= 11 is 1.65. The zero-order chi connectivity index (χ0) is 16.8. The number of nitrogens with zero attached hydrogens (tertiary/aromatic N) is 1. The number of hydrogen-bond acceptors (Lipinski definition) is 4. The van der Waals surface area contributed by atoms with Crippen LogP contribution in [0.1, 0.15) is 46.4 Å². The molecular weight excluding hydrogens is 312 g/mol. The molecule has 1 aromatic carbocycles. The molecule has 0 atom stereocenters. The summed E-state index contributed by atoms with van der Waals surface area (Å²) in [4.78, 5) is 27.2. The van der Waals surface area contributed by atoms with Gasteiger partial charge >= 0.3 is 5.97 Å². The fraction of sp³-hybridized carbons (Fsp3) is 0.353. The Kier molecular flexibility index (Phi) is 5.87. The van der Waals surface area contributed by atoms with Gasteiger partial charge in [0.25, 0.3) is 0 Å². The fourth-order valence-electron chi connectivity index (χ4n) is 2.05. The Morgan fingerprint density at radius 3 is 2.52 bits per heavy atom. The predicted molar refractivity (Wildman–Crippen MR) is 90.0 cm³/mol. The highest BCUT2D eigenvalue weighted by Gasteiger charge is 2.08. The minimum Gasteiger partial charge on any atom is -0.478 e. The maximum absolute atomic E-state index is 11.9. The summed E-state index contributed by atoms with van der Waals surface area (Å²) in [5.41, 5.74) is 2.02. The van der Waals surface area contributed by atoms with E-state index in [2.05, 4.69) is 24.1 Å². The van der Waals surface area contributed by atoms with E-state index < -0.39 is 5.97 Å². The first-order valence-electron chi connectivity index (χ1n) is 7.49. The lowest BCUT2D eigenvalue weighted by Crippen LogP contribution is -2.27. The molecule has 1 amide bonds. The topological polar surface area (TPSA) is 79.3 Å². The lowest BCUT2D eigenvalue weighted by Gasteiger charge is -2.05. The van der Waals surface area contributed by atoms with Crippen molar-refractivity contribution >= 4 is 23.2 Å². The molecule has 0 saturated heterocycles. The van der Waals surface area contributed by atoms with E-state index in [1.54, 1.807) is 23.5 Å². The molecule has 1 heterocycles. The second-order valence-corrected chi connectivity index (χ2v) is 6.50. The molecule has 0 aliphatic rings. The van der Waals surface area contributed by atoms with Crippen LogP contribution in [0.2, 0.25) is 0 Å². The quantitative estimate of drug-likeness (QED) is 0.817. The number of thiazole rings is 1. The Morgan fingerprint density at radius 2 is 1.96 bits per heavy atom. The summed E-state index contributed by atoms with van der Waals surface area (Å²) in [5.74, 6) is -0.616. The van der Waals surface area contributed by atoms with E-state index in [4.69, 9.17) is 5.11 Å². The number of carboxylic acid groups (broad SMARTS) is 1. The number of rotatable bonds is 7. The van der Waals surface area contributed by atoms with Crippen molar-refractivity contribution in [1.82, 2.24) is 10.3 Å². The molecule has 0 fully saturated rings. The molecule has 0 bridgehead atoms. The molecule has 2 N–H and O–H groups in total. The van der Waals surface area contributed by atoms with Crippen LogP contribution in [0.4, 0.5) is 0 Å². The van der Waals surface area contributed by atoms with Gasteiger partial charge in [0.05, 0.1) is 22.7 Å². The van der Waals surface area contributed by atoms with E-state index >= 15 is 0 Å². The van der Waals surface area contributed by atoms with Crippen LogP contribution in [0.25, 0.3) is 0 Å². The number of carbonyl (C=O) groups is 2. The van der Waals surface area contributed by atoms with Gasteiger partial charge in [0, 0.05) is 24.3 Å². The summed E-state index contributed by atoms with van der Waals surface area (Å²) in [5, 5.41) is 14.8. The lowest BCUT2D eigenvalue weighted by molar-refractivity contribution is -0.120. The largest absolute Gasteiger partial charge is 0.478 e. The molecule has 23 heavy (non-hydrogen) atoms. The van der Waals surface area contributed by atoms with Gasteiger partial charge in [-0.05, 0) is 17.7 Å². The highest BCUT2D eigenvalue weighted by Crippen LogP contribution is 2.19. The standard InChI is InChI=1S/C17H20N2O3S/c1-11(2)16-19-14(10-23-16)7-8-18-15(20)9-12-3-5-13(6-4-12)17(21)22/h3-6,10-11H,7-9H2,1-2H3,(H,18,20)(H,21,22). The highest BCUT2D eigenvalue weighted by atomic mass is 32.1. The normalized spacial score (nSPS) is 10.7. The Labute approximate surface area is 139 Å². The molecule has 2 rings (SSSR count). The third-order valence-electron chi connectivity index (χ3n) is 3.33. The smallest absolute Gasteiger partial charge is 0.335 e. The van der Waals surface area contributed by atoms with Crippen molar-refractivity contribution in [2.45, 2.75) is 32.6 Å². The molecule has 5 nitrogen and oxygen atoms in total. The second-order valence-electron chi connectivity index (χ2n) is 5.61. The van der Waals surface area contributed by atoms with E-state index in [-0.39, 0.29) is 17.9 Å². The van der Waals surface area contributed by atoms with E-state index in [1.807, 2.05) is 5.38 Å². The van der Waals surface area contributed by atoms with Crippen molar-refractivity contribution in [3.05, 3.63) is 51.5 Å². The van der Waals surface area contributed by atoms with E-state index in [9.17, 15) is 9.59 Å². The number of carboxylic acids is 1. The fourth-order valence-corrected chi connectivity index (χ4v) is 2.92. The Hall–Kier alpha value is -2.21. The second kappa shape index (κ2) is 7.87. The van der Waals surface area contributed by atoms with Crippen molar-refractivity contribution < 1.29 is 14.7 Å². The van der Waals surface area contributed by atoms with Crippen LogP contribution in [0, 0.1) is 0 Å². The average molecular weight is 332 g/mol. The third-order valence-corrected chi connectivity index (χ3v) is 4.53. The molecule has 1 aromatic heterocycles. The van der Waals surface area contributed by atoms with Gasteiger partial charge in [-0.3, -0.25) is 4.79 Å². The van der Waals surface area contributed by atoms with Crippen LogP contribution in [0.5, 0.6) is 0 Å². The van der Waals surface area contributed by atoms with Crippen molar-refractivity contribution in [2.24, 2.45) is 0 Å². The SMILES string of the molecule is CC(C)c1nc(CCNC(=O)Cc2ccc(C(=O)O)cc2)cs1. The number of hydrogen-bond donors (Lipinski definition) is 2. The predicted octanol–water partition coefficient (Wildman–Crippen LogP) is 2.87. The highest BCUT2D eigenvalue weighted by molar-refractivity contribution is 7.09. The van der Waals surface area contributed by atoms with Crippen LogP contribution < -0.4 is 5.32 Å². The maximum Gasteiger partial charge on any atom is 0.335 e. The number of aromatic carboxylic acids is 1. The van der Waals surface area contributed by atoms with E-state index in [0.29, 0.717) is 18.9 Å². The number of carbonyl (C=O) groups excluding carboxylic acids is 1. The minimum atomic E-state index is -0.968. The summed E-state index contributed by atoms with van der Waals surface area (Å²) in [6.07, 6.45) is 0.959. The first-order valence-corrected chi connectivity index (χ1v) is 8.37. The van der Waals surface area contributed by atoms with E-state index in [0.717, 1.165) is 16.3 Å². The van der Waals surface area contributed by atoms with Gasteiger partial charge in [0.1, 0.15) is 0 Å². The summed E-state index contributed by atoms with van der Waals surface area (Å²) in [6, 6.07) is 6.35. The average Bonchev–Trinajstić information content (AvgIpc) is 2.97. The molecular formula is C17H20N2O3S. The Bertz CT molecular complexity index is 677. The van der Waals surface area contributed by atoms with Gasteiger partial charge in [-0.1, -0.05) is 26.0 Å². The van der Waals surface area contributed by atoms with Crippen molar-refractivity contribution in [2.75, 3.05) is 6.54 Å². The number of benzene rings is 1. The molecule has 6 heteroatoms. The molecule has 0 aliphatic carbocycles. The Morgan fingerprint density at radius 1 is 1.26 bits per heavy atom. The first-order chi connectivity index (χ1) is 11.0. The zero-order valence-electron chi connectivity index (χ0n) is 13.2. The number of nitrogens with one attached hydrogen (secondary N) is 1. The first kappa shape index (κ1) is 17.1. The van der Waals surface area contributed by atoms with Gasteiger partial charge < -0.3 is 10.4 Å². The van der Waals surface area contributed by atoms with Crippen molar-refractivity contribution in [3.8, 4) is 0 Å². The summed E-state index contributed by atoms with van der Waals surface area (Å²) in [7, 11) is 0. The van der Waals surface area contributed by atoms with Gasteiger partial charge in [0.15, 0.2) is 0 Å². The van der Waals surface area contributed by atoms with Crippen LogP contribution >= 0.6 is 11.3 Å². The monoisotopic (exact) mass is 332 g/mol. The number of amides is 1.